The van der Waals surface area contributed by atoms with Crippen molar-refractivity contribution >= 4 is 127 Å². The Balaban J connectivity index is 1.01. The normalized spacial score (nSPS) is 18.1. The number of pyridine rings is 1. The van der Waals surface area contributed by atoms with Crippen molar-refractivity contribution in [1.82, 2.24) is 61.5 Å². The van der Waals surface area contributed by atoms with Gasteiger partial charge in [0.2, 0.25) is 11.8 Å². The predicted molar refractivity (Wildman–Crippen MR) is 380 cm³/mol. The summed E-state index contributed by atoms with van der Waals surface area (Å²) < 4.78 is 11.5. The maximum absolute atomic E-state index is 14.5. The first-order valence-electron chi connectivity index (χ1n) is 32.6. The third-order valence-corrected chi connectivity index (χ3v) is 22.7. The van der Waals surface area contributed by atoms with E-state index in [2.05, 4.69) is 26.6 Å². The molecule has 1 saturated carbocycles. The minimum Gasteiger partial charge on any atom is -0.481 e. The van der Waals surface area contributed by atoms with Crippen LogP contribution in [0.5, 0.6) is 0 Å². The predicted octanol–water partition coefficient (Wildman–Crippen LogP) is 10.8. The Labute approximate surface area is 603 Å². The van der Waals surface area contributed by atoms with Crippen molar-refractivity contribution in [1.29, 1.82) is 0 Å². The van der Waals surface area contributed by atoms with Crippen molar-refractivity contribution in [2.45, 2.75) is 141 Å². The number of fused-ring (bicyclic) bond motifs is 14. The molecule has 0 saturated heterocycles. The van der Waals surface area contributed by atoms with E-state index in [0.29, 0.717) is 121 Å². The highest BCUT2D eigenvalue weighted by molar-refractivity contribution is 7.15. The summed E-state index contributed by atoms with van der Waals surface area (Å²) >= 11 is 6.94. The molecule has 101 heavy (non-hydrogen) atoms. The van der Waals surface area contributed by atoms with Crippen LogP contribution in [0.1, 0.15) is 183 Å². The van der Waals surface area contributed by atoms with Crippen LogP contribution in [-0.2, 0) is 40.1 Å². The number of carboxylic acids is 3. The van der Waals surface area contributed by atoms with Crippen LogP contribution in [0.3, 0.4) is 0 Å². The van der Waals surface area contributed by atoms with Crippen LogP contribution >= 0.6 is 68.0 Å². The maximum Gasteiger partial charge on any atom is 0.415 e. The molecule has 9 N–H and O–H groups in total. The second-order valence-corrected chi connectivity index (χ2v) is 30.3. The molecule has 10 rings (SSSR count). The number of nitrogens with one attached hydrogen (secondary N) is 5. The number of methoxy groups -OCH3 is 1. The fourth-order valence-corrected chi connectivity index (χ4v) is 17.1. The molecular weight excluding hydrogens is 1420 g/mol. The van der Waals surface area contributed by atoms with Crippen LogP contribution in [0.25, 0.3) is 43.4 Å². The summed E-state index contributed by atoms with van der Waals surface area (Å²) in [7, 11) is 2.91. The summed E-state index contributed by atoms with van der Waals surface area (Å²) in [5, 5.41) is 63.8. The molecule has 7 aromatic heterocycles. The van der Waals surface area contributed by atoms with Crippen LogP contribution in [-0.4, -0.2) is 142 Å². The number of benzene rings is 1. The van der Waals surface area contributed by atoms with Crippen molar-refractivity contribution in [3.63, 3.8) is 0 Å². The van der Waals surface area contributed by atoms with E-state index in [4.69, 9.17) is 49.5 Å². The number of hydrogen-bond donors (Lipinski definition) is 9. The average Bonchev–Trinajstić information content (AvgIpc) is 1.70. The minimum atomic E-state index is -1.32. The van der Waals surface area contributed by atoms with E-state index in [1.807, 2.05) is 13.8 Å². The third-order valence-electron chi connectivity index (χ3n) is 17.0. The monoisotopic (exact) mass is 1490 g/mol. The molecule has 6 amide bonds. The van der Waals surface area contributed by atoms with Gasteiger partial charge in [-0.1, -0.05) is 63.4 Å². The van der Waals surface area contributed by atoms with Crippen molar-refractivity contribution in [2.24, 2.45) is 17.8 Å². The standard InChI is InChI=1S/C67H75N13O15S6/c1-33(2)50-64-79-53(45(101-64)28-94-5)57(87)69-27-48(82)76-54(55(85)35-14-10-8-11-15-35)63-74-44(31-98-63)61-72-42(29-97-61)52-39(59-73-43(30-96-59)56(86)71-41(26-47(81)68-4)62-78-51(34(3)100-62)58(88)77-50)23-24-40(70-52)60-75-46(32-99-60)80(67(93)95-38-21-19-37(20-22-38)66(91)92)25-13-17-36(65(89)90)16-9-6-7-12-18-49(83)84/h8,10-11,14-15,23-24,29-33,36-38,41,50,54-55,85H,6-7,9,12-13,16-22,25-28H2,1-5H3,(H,68,81)(H,69,87)(H,71,86)(H,76,82)(H,77,88)(H,83,84)(H,89,90)(H,91,92)/t36?,37?,38?,41-,50-,54-,55-/m0/s1. The van der Waals surface area contributed by atoms with Gasteiger partial charge in [0.15, 0.2) is 0 Å². The van der Waals surface area contributed by atoms with E-state index >= 15 is 0 Å². The number of amides is 6. The average molecular weight is 1490 g/mol. The molecule has 8 heterocycles. The number of anilines is 1. The van der Waals surface area contributed by atoms with E-state index < -0.39 is 102 Å². The van der Waals surface area contributed by atoms with Crippen molar-refractivity contribution in [3.05, 3.63) is 111 Å². The number of aliphatic hydroxyl groups is 1. The second kappa shape index (κ2) is 34.6. The first kappa shape index (κ1) is 74.8. The molecule has 1 fully saturated rings. The summed E-state index contributed by atoms with van der Waals surface area (Å²) in [6.07, 6.45) is 1.62. The zero-order valence-corrected chi connectivity index (χ0v) is 60.5. The summed E-state index contributed by atoms with van der Waals surface area (Å²) in [5.74, 6) is -7.23. The topological polar surface area (TPSA) is 407 Å². The third kappa shape index (κ3) is 19.0. The number of carboxylic acid groups (broad SMARTS) is 3. The van der Waals surface area contributed by atoms with Crippen LogP contribution in [0.4, 0.5) is 10.6 Å². The summed E-state index contributed by atoms with van der Waals surface area (Å²) in [5.41, 5.74) is 2.22. The van der Waals surface area contributed by atoms with E-state index in [0.717, 1.165) is 45.3 Å². The lowest BCUT2D eigenvalue weighted by Crippen LogP contribution is -2.40. The lowest BCUT2D eigenvalue weighted by atomic mass is 9.87. The molecule has 1 aromatic carbocycles. The van der Waals surface area contributed by atoms with Gasteiger partial charge < -0.3 is 56.5 Å². The van der Waals surface area contributed by atoms with Crippen molar-refractivity contribution < 1.29 is 73.1 Å². The van der Waals surface area contributed by atoms with Crippen molar-refractivity contribution in [2.75, 3.05) is 32.1 Å². The van der Waals surface area contributed by atoms with Gasteiger partial charge >= 0.3 is 24.0 Å². The first-order chi connectivity index (χ1) is 48.5. The number of aliphatic hydroxyl groups excluding tert-OH is 1. The van der Waals surface area contributed by atoms with Gasteiger partial charge in [0.25, 0.3) is 17.7 Å². The zero-order valence-electron chi connectivity index (χ0n) is 55.6. The summed E-state index contributed by atoms with van der Waals surface area (Å²) in [6.45, 7) is 4.87. The molecule has 8 aromatic rings. The van der Waals surface area contributed by atoms with Crippen LogP contribution in [0.2, 0.25) is 0 Å². The lowest BCUT2D eigenvalue weighted by Gasteiger charge is -2.28. The molecule has 0 radical (unpaired) electrons. The van der Waals surface area contributed by atoms with Crippen molar-refractivity contribution in [3.8, 4) is 43.4 Å². The number of thiazole rings is 6. The minimum absolute atomic E-state index is 0.0147. The summed E-state index contributed by atoms with van der Waals surface area (Å²) in [6, 6.07) is 9.19. The number of ether oxygens (including phenoxy) is 2. The van der Waals surface area contributed by atoms with E-state index in [1.54, 1.807) is 70.9 Å². The Hall–Kier alpha value is -8.90. The molecular formula is C67H75N13O15S6. The van der Waals surface area contributed by atoms with Gasteiger partial charge in [-0.3, -0.25) is 43.3 Å². The number of aryl methyl sites for hydroxylation is 1. The molecule has 1 aliphatic heterocycles. The Morgan fingerprint density at radius 3 is 2.08 bits per heavy atom. The number of carbonyl (C=O) groups is 9. The Kier molecular flexibility index (Phi) is 25.7. The smallest absolute Gasteiger partial charge is 0.415 e. The van der Waals surface area contributed by atoms with E-state index in [1.165, 1.54) is 41.7 Å². The van der Waals surface area contributed by atoms with E-state index in [-0.39, 0.29) is 78.4 Å². The molecule has 34 heteroatoms. The number of rotatable bonds is 23. The molecule has 534 valence electrons. The summed E-state index contributed by atoms with van der Waals surface area (Å²) in [4.78, 5) is 156. The largest absolute Gasteiger partial charge is 0.481 e. The van der Waals surface area contributed by atoms with Gasteiger partial charge in [-0.2, -0.15) is 0 Å². The Bertz CT molecular complexity index is 4290. The molecule has 10 bridgehead atoms. The SMILES string of the molecule is CNC(=O)C[C@@H]1NC(=O)c2csc(n2)-c2ccc(-c3nc(N(CCCC(CCCCCCC(=O)O)C(=O)O)C(=O)OC4CCC(C(=O)O)CC4)cs3)nc2-c2csc(n2)-c2csc(n2)[C@H]([C@@H](O)c2ccccc2)NC(=O)CNC(=O)c2nc(sc2COC)[C@H](C(C)C)NC(=O)c2nc1sc2C. The Morgan fingerprint density at radius 2 is 1.36 bits per heavy atom. The number of nitrogens with zero attached hydrogens (tertiary/aromatic N) is 8. The maximum atomic E-state index is 14.5. The number of hydrogen-bond acceptors (Lipinski definition) is 25. The molecule has 1 unspecified atom stereocenters. The highest BCUT2D eigenvalue weighted by atomic mass is 32.1. The molecule has 0 spiro atoms. The number of aromatic nitrogens is 7. The number of unbranched alkanes of at least 4 members (excludes halogenated alkanes) is 3. The van der Waals surface area contributed by atoms with Crippen LogP contribution < -0.4 is 31.5 Å². The van der Waals surface area contributed by atoms with Gasteiger partial charge in [0.05, 0.1) is 54.1 Å². The quantitative estimate of drug-likeness (QED) is 0.0269. The van der Waals surface area contributed by atoms with Gasteiger partial charge in [-0.05, 0) is 81.9 Å². The van der Waals surface area contributed by atoms with Gasteiger partial charge in [-0.15, -0.1) is 68.0 Å². The second-order valence-electron chi connectivity index (χ2n) is 24.5. The van der Waals surface area contributed by atoms with E-state index in [9.17, 15) is 58.5 Å². The fourth-order valence-electron chi connectivity index (χ4n) is 11.5. The number of aliphatic carboxylic acids is 3. The molecule has 1 aliphatic carbocycles. The fraction of sp³-hybridized carbons (Fsp3) is 0.433. The van der Waals surface area contributed by atoms with Gasteiger partial charge in [-0.25, -0.2) is 39.7 Å². The van der Waals surface area contributed by atoms with Crippen LogP contribution in [0, 0.1) is 24.7 Å². The molecule has 28 nitrogen and oxygen atoms in total. The highest BCUT2D eigenvalue weighted by Gasteiger charge is 2.35. The van der Waals surface area contributed by atoms with Gasteiger partial charge in [0, 0.05) is 59.1 Å². The number of carbonyl (C=O) groups excluding carboxylic acids is 6. The molecule has 2 aliphatic rings. The highest BCUT2D eigenvalue weighted by Crippen LogP contribution is 2.41. The lowest BCUT2D eigenvalue weighted by molar-refractivity contribution is -0.144. The first-order valence-corrected chi connectivity index (χ1v) is 37.8. The Morgan fingerprint density at radius 1 is 0.663 bits per heavy atom. The molecule has 5 atom stereocenters. The van der Waals surface area contributed by atoms with Crippen LogP contribution in [0.15, 0.2) is 64.0 Å². The van der Waals surface area contributed by atoms with Gasteiger partial charge in [0.1, 0.15) is 88.3 Å². The zero-order chi connectivity index (χ0) is 72.0.